The fraction of sp³-hybridized carbons (Fsp3) is 0.650. The number of amides is 1. The van der Waals surface area contributed by atoms with Crippen LogP contribution in [-0.4, -0.2) is 55.5 Å². The molecule has 0 saturated heterocycles. The molecule has 170 valence electrons. The number of carbonyl (C=O) groups excluding carboxylic acids is 1. The zero-order valence-electron chi connectivity index (χ0n) is 18.0. The number of hydrogen-bond donors (Lipinski definition) is 4. The Balaban J connectivity index is 0. The molecule has 1 aromatic rings. The van der Waals surface area contributed by atoms with E-state index in [9.17, 15) is 9.90 Å². The van der Waals surface area contributed by atoms with Gasteiger partial charge >= 0.3 is 0 Å². The Bertz CT molecular complexity index is 581. The van der Waals surface area contributed by atoms with Crippen molar-refractivity contribution >= 4 is 30.7 Å². The number of rotatable bonds is 12. The van der Waals surface area contributed by atoms with Gasteiger partial charge < -0.3 is 30.5 Å². The summed E-state index contributed by atoms with van der Waals surface area (Å²) in [5.74, 6) is 1.02. The maximum Gasteiger partial charge on any atom is 0.258 e. The minimum atomic E-state index is -0.336. The third kappa shape index (κ3) is 14.4. The lowest BCUT2D eigenvalue weighted by Crippen LogP contribution is -2.43. The maximum absolute atomic E-state index is 11.9. The topological polar surface area (TPSA) is 91.8 Å². The summed E-state index contributed by atoms with van der Waals surface area (Å²) in [4.78, 5) is 11.9. The van der Waals surface area contributed by atoms with E-state index < -0.39 is 0 Å². The highest BCUT2D eigenvalue weighted by Gasteiger charge is 2.15. The molecule has 0 spiro atoms. The molecule has 1 unspecified atom stereocenters. The number of carbonyl (C=O) groups is 1. The molecule has 1 atom stereocenters. The number of ether oxygens (including phenoxy) is 2. The summed E-state index contributed by atoms with van der Waals surface area (Å²) < 4.78 is 11.3. The van der Waals surface area contributed by atoms with Crippen LogP contribution in [0.3, 0.4) is 0 Å². The molecule has 0 bridgehead atoms. The van der Waals surface area contributed by atoms with Crippen LogP contribution in [0.4, 0.5) is 0 Å². The molecule has 0 aliphatic carbocycles. The average Bonchev–Trinajstić information content (AvgIpc) is 2.55. The minimum Gasteiger partial charge on any atom is -0.490 e. The molecule has 1 amide bonds. The van der Waals surface area contributed by atoms with Gasteiger partial charge in [0.1, 0.15) is 0 Å². The van der Waals surface area contributed by atoms with Gasteiger partial charge in [-0.1, -0.05) is 6.07 Å². The molecule has 0 aliphatic heterocycles. The second-order valence-corrected chi connectivity index (χ2v) is 7.53. The van der Waals surface area contributed by atoms with Gasteiger partial charge in [0, 0.05) is 31.7 Å². The number of benzene rings is 1. The lowest BCUT2D eigenvalue weighted by molar-refractivity contribution is -0.124. The van der Waals surface area contributed by atoms with E-state index in [0.29, 0.717) is 31.2 Å². The summed E-state index contributed by atoms with van der Waals surface area (Å²) in [7, 11) is 0. The van der Waals surface area contributed by atoms with E-state index in [2.05, 4.69) is 16.0 Å². The predicted octanol–water partition coefficient (Wildman–Crippen LogP) is 2.28. The van der Waals surface area contributed by atoms with Gasteiger partial charge in [0.05, 0.1) is 12.7 Å². The molecular formula is C20H37Cl2N3O4. The van der Waals surface area contributed by atoms with Crippen molar-refractivity contribution in [2.75, 3.05) is 32.8 Å². The van der Waals surface area contributed by atoms with Crippen LogP contribution in [-0.2, 0) is 11.3 Å². The fourth-order valence-electron chi connectivity index (χ4n) is 2.37. The van der Waals surface area contributed by atoms with E-state index in [1.54, 1.807) is 6.92 Å². The molecule has 0 aromatic heterocycles. The fourth-order valence-corrected chi connectivity index (χ4v) is 2.37. The van der Waals surface area contributed by atoms with Gasteiger partial charge in [0.25, 0.3) is 5.91 Å². The monoisotopic (exact) mass is 453 g/mol. The van der Waals surface area contributed by atoms with Gasteiger partial charge in [-0.2, -0.15) is 0 Å². The third-order valence-electron chi connectivity index (χ3n) is 3.43. The van der Waals surface area contributed by atoms with E-state index in [4.69, 9.17) is 9.47 Å². The first kappa shape index (κ1) is 29.9. The van der Waals surface area contributed by atoms with Crippen molar-refractivity contribution in [1.82, 2.24) is 16.0 Å². The number of aliphatic hydroxyl groups is 1. The average molecular weight is 454 g/mol. The number of nitrogens with one attached hydrogen (secondary N) is 3. The summed E-state index contributed by atoms with van der Waals surface area (Å²) in [5.41, 5.74) is 0.781. The smallest absolute Gasteiger partial charge is 0.258 e. The van der Waals surface area contributed by atoms with Crippen LogP contribution in [0.2, 0.25) is 0 Å². The molecule has 1 aromatic carbocycles. The van der Waals surface area contributed by atoms with Gasteiger partial charge in [0.2, 0.25) is 0 Å². The minimum absolute atomic E-state index is 0. The largest absolute Gasteiger partial charge is 0.490 e. The molecule has 4 N–H and O–H groups in total. The quantitative estimate of drug-likeness (QED) is 0.363. The maximum atomic E-state index is 11.9. The van der Waals surface area contributed by atoms with Gasteiger partial charge in [-0.3, -0.25) is 4.79 Å². The van der Waals surface area contributed by atoms with Crippen molar-refractivity contribution < 1.29 is 19.4 Å². The van der Waals surface area contributed by atoms with Crippen molar-refractivity contribution in [3.05, 3.63) is 23.8 Å². The Morgan fingerprint density at radius 3 is 2.34 bits per heavy atom. The lowest BCUT2D eigenvalue weighted by atomic mass is 10.1. The first-order valence-corrected chi connectivity index (χ1v) is 9.50. The second-order valence-electron chi connectivity index (χ2n) is 7.53. The Hall–Kier alpha value is -1.25. The third-order valence-corrected chi connectivity index (χ3v) is 3.43. The molecule has 0 aliphatic rings. The zero-order chi connectivity index (χ0) is 20.3. The summed E-state index contributed by atoms with van der Waals surface area (Å²) in [6.45, 7) is 12.8. The first-order valence-electron chi connectivity index (χ1n) is 9.50. The number of hydrogen-bond acceptors (Lipinski definition) is 6. The van der Waals surface area contributed by atoms with Crippen LogP contribution in [0.25, 0.3) is 0 Å². The molecule has 0 heterocycles. The molecule has 7 nitrogen and oxygen atoms in total. The highest BCUT2D eigenvalue weighted by Crippen LogP contribution is 2.28. The van der Waals surface area contributed by atoms with Crippen LogP contribution < -0.4 is 25.4 Å². The lowest BCUT2D eigenvalue weighted by Gasteiger charge is -2.21. The normalized spacial score (nSPS) is 11.7. The second kappa shape index (κ2) is 15.6. The van der Waals surface area contributed by atoms with Gasteiger partial charge in [0.15, 0.2) is 18.1 Å². The highest BCUT2D eigenvalue weighted by atomic mass is 35.5. The molecule has 1 rings (SSSR count). The van der Waals surface area contributed by atoms with Crippen LogP contribution in [0, 0.1) is 0 Å². The van der Waals surface area contributed by atoms with Crippen LogP contribution in [0.1, 0.15) is 40.2 Å². The molecule has 29 heavy (non-hydrogen) atoms. The van der Waals surface area contributed by atoms with Crippen molar-refractivity contribution in [2.24, 2.45) is 0 Å². The molecule has 0 radical (unpaired) electrons. The Kier molecular flexibility index (Phi) is 16.1. The van der Waals surface area contributed by atoms with E-state index in [-0.39, 0.29) is 49.0 Å². The van der Waals surface area contributed by atoms with Crippen LogP contribution >= 0.6 is 24.8 Å². The van der Waals surface area contributed by atoms with Gasteiger partial charge in [-0.15, -0.1) is 24.8 Å². The standard InChI is InChI=1S/C20H35N3O4.2ClH/c1-6-26-18-11-16(13-22-10-9-21-12-15(2)24)7-8-17(18)27-14-19(25)23-20(3,4)5;;/h7-8,11,15,21-22,24H,6,9-10,12-14H2,1-5H3,(H,23,25);2*1H. The van der Waals surface area contributed by atoms with Crippen molar-refractivity contribution in [1.29, 1.82) is 0 Å². The predicted molar refractivity (Wildman–Crippen MR) is 122 cm³/mol. The summed E-state index contributed by atoms with van der Waals surface area (Å²) >= 11 is 0. The number of halogens is 2. The van der Waals surface area contributed by atoms with Crippen molar-refractivity contribution in [3.8, 4) is 11.5 Å². The summed E-state index contributed by atoms with van der Waals surface area (Å²) in [5, 5.41) is 18.6. The van der Waals surface area contributed by atoms with E-state index in [1.165, 1.54) is 0 Å². The summed E-state index contributed by atoms with van der Waals surface area (Å²) in [6.07, 6.45) is -0.336. The van der Waals surface area contributed by atoms with Crippen molar-refractivity contribution in [3.63, 3.8) is 0 Å². The molecule has 0 saturated carbocycles. The molecule has 9 heteroatoms. The van der Waals surface area contributed by atoms with Gasteiger partial charge in [-0.25, -0.2) is 0 Å². The zero-order valence-corrected chi connectivity index (χ0v) is 19.7. The highest BCUT2D eigenvalue weighted by molar-refractivity contribution is 5.85. The van der Waals surface area contributed by atoms with Crippen molar-refractivity contribution in [2.45, 2.75) is 52.8 Å². The molecule has 0 fully saturated rings. The van der Waals surface area contributed by atoms with Crippen LogP contribution in [0.15, 0.2) is 18.2 Å². The van der Waals surface area contributed by atoms with E-state index >= 15 is 0 Å². The van der Waals surface area contributed by atoms with E-state index in [0.717, 1.165) is 18.7 Å². The SMILES string of the molecule is CCOc1cc(CNCCNCC(C)O)ccc1OCC(=O)NC(C)(C)C.Cl.Cl. The Morgan fingerprint density at radius 2 is 1.76 bits per heavy atom. The number of aliphatic hydroxyl groups excluding tert-OH is 1. The Labute approximate surface area is 187 Å². The molecular weight excluding hydrogens is 417 g/mol. The first-order chi connectivity index (χ1) is 12.7. The Morgan fingerprint density at radius 1 is 1.10 bits per heavy atom. The van der Waals surface area contributed by atoms with Crippen LogP contribution in [0.5, 0.6) is 11.5 Å². The van der Waals surface area contributed by atoms with E-state index in [1.807, 2.05) is 45.9 Å². The summed E-state index contributed by atoms with van der Waals surface area (Å²) in [6, 6.07) is 5.71. The van der Waals surface area contributed by atoms with Gasteiger partial charge in [-0.05, 0) is 52.3 Å².